The SMILES string of the molecule is O=C(OCc1ccccc1)N1CCC(c2ccc(C(OCc3c(F)cccc3F)(C(F)(F)F)C(F)(F)F)cc2)([S+]([O-])c2ccc(F)cc2)C1. The van der Waals surface area contributed by atoms with Gasteiger partial charge >= 0.3 is 18.4 Å². The van der Waals surface area contributed by atoms with Crippen LogP contribution in [-0.4, -0.2) is 41.0 Å². The highest BCUT2D eigenvalue weighted by Crippen LogP contribution is 2.54. The summed E-state index contributed by atoms with van der Waals surface area (Å²) in [6.45, 7) is -2.20. The lowest BCUT2D eigenvalue weighted by Crippen LogP contribution is -2.56. The molecule has 4 aromatic rings. The third-order valence-electron chi connectivity index (χ3n) is 8.19. The van der Waals surface area contributed by atoms with Crippen molar-refractivity contribution in [3.05, 3.63) is 137 Å². The number of rotatable bonds is 9. The van der Waals surface area contributed by atoms with Crippen molar-refractivity contribution in [2.75, 3.05) is 13.1 Å². The Labute approximate surface area is 277 Å². The van der Waals surface area contributed by atoms with E-state index in [4.69, 9.17) is 4.74 Å². The molecule has 0 spiro atoms. The summed E-state index contributed by atoms with van der Waals surface area (Å²) in [5.41, 5.74) is -6.97. The maximum Gasteiger partial charge on any atom is 0.430 e. The lowest BCUT2D eigenvalue weighted by molar-refractivity contribution is -0.392. The number of carbonyl (C=O) groups is 1. The van der Waals surface area contributed by atoms with Crippen molar-refractivity contribution >= 4 is 17.3 Å². The highest BCUT2D eigenvalue weighted by atomic mass is 32.2. The Morgan fingerprint density at radius 1 is 0.776 bits per heavy atom. The van der Waals surface area contributed by atoms with Crippen molar-refractivity contribution < 1.29 is 58.3 Å². The smallest absolute Gasteiger partial charge is 0.430 e. The van der Waals surface area contributed by atoms with Gasteiger partial charge in [-0.05, 0) is 53.1 Å². The minimum absolute atomic E-state index is 0.00401. The van der Waals surface area contributed by atoms with Gasteiger partial charge < -0.3 is 18.9 Å². The Morgan fingerprint density at radius 3 is 1.94 bits per heavy atom. The Balaban J connectivity index is 1.52. The van der Waals surface area contributed by atoms with Crippen LogP contribution >= 0.6 is 0 Å². The van der Waals surface area contributed by atoms with Crippen molar-refractivity contribution in [2.24, 2.45) is 0 Å². The fourth-order valence-electron chi connectivity index (χ4n) is 5.62. The number of benzene rings is 4. The van der Waals surface area contributed by atoms with E-state index in [-0.39, 0.29) is 36.6 Å². The van der Waals surface area contributed by atoms with Gasteiger partial charge in [0.1, 0.15) is 24.1 Å². The normalized spacial score (nSPS) is 17.6. The summed E-state index contributed by atoms with van der Waals surface area (Å²) < 4.78 is 151. The predicted molar refractivity (Wildman–Crippen MR) is 159 cm³/mol. The fraction of sp³-hybridized carbons (Fsp3) is 0.265. The standard InChI is InChI=1S/C34H26F9NO4S/c35-25-13-15-26(16-14-25)49(46)31(17-18-44(21-31)30(45)47-19-22-5-2-1-3-6-22)23-9-11-24(12-10-23)32(33(38,39)40,34(41,42)43)48-20-27-28(36)7-4-8-29(27)37/h1-16H,17-21H2. The molecule has 49 heavy (non-hydrogen) atoms. The molecule has 4 aromatic carbocycles. The van der Waals surface area contributed by atoms with E-state index < -0.39 is 75.2 Å². The quantitative estimate of drug-likeness (QED) is 0.129. The molecule has 1 amide bonds. The zero-order valence-electron chi connectivity index (χ0n) is 25.2. The van der Waals surface area contributed by atoms with Gasteiger partial charge in [0.25, 0.3) is 5.60 Å². The van der Waals surface area contributed by atoms with Crippen LogP contribution in [-0.2, 0) is 44.2 Å². The zero-order valence-corrected chi connectivity index (χ0v) is 26.0. The van der Waals surface area contributed by atoms with Crippen molar-refractivity contribution in [3.8, 4) is 0 Å². The maximum absolute atomic E-state index is 14.5. The molecule has 0 aliphatic carbocycles. The molecule has 2 atom stereocenters. The van der Waals surface area contributed by atoms with Crippen LogP contribution in [0.1, 0.15) is 28.7 Å². The van der Waals surface area contributed by atoms with Crippen LogP contribution in [0.25, 0.3) is 0 Å². The van der Waals surface area contributed by atoms with Gasteiger partial charge in [0.05, 0.1) is 13.2 Å². The number of amides is 1. The molecule has 15 heteroatoms. The lowest BCUT2D eigenvalue weighted by Gasteiger charge is -2.38. The van der Waals surface area contributed by atoms with E-state index >= 15 is 0 Å². The molecular weight excluding hydrogens is 689 g/mol. The van der Waals surface area contributed by atoms with E-state index in [9.17, 15) is 48.9 Å². The number of alkyl halides is 6. The fourth-order valence-corrected chi connectivity index (χ4v) is 7.35. The van der Waals surface area contributed by atoms with Crippen LogP contribution in [0.5, 0.6) is 0 Å². The number of hydrogen-bond acceptors (Lipinski definition) is 4. The molecule has 0 N–H and O–H groups in total. The monoisotopic (exact) mass is 715 g/mol. The molecule has 2 unspecified atom stereocenters. The van der Waals surface area contributed by atoms with Gasteiger partial charge in [-0.15, -0.1) is 0 Å². The number of nitrogens with zero attached hydrogens (tertiary/aromatic N) is 1. The third-order valence-corrected chi connectivity index (χ3v) is 10.2. The highest BCUT2D eigenvalue weighted by Gasteiger charge is 2.73. The van der Waals surface area contributed by atoms with Gasteiger partial charge in [0.2, 0.25) is 0 Å². The van der Waals surface area contributed by atoms with Gasteiger partial charge in [-0.2, -0.15) is 26.3 Å². The van der Waals surface area contributed by atoms with Gasteiger partial charge in [0.15, 0.2) is 9.64 Å². The molecular formula is C34H26F9NO4S. The van der Waals surface area contributed by atoms with Crippen LogP contribution in [0.15, 0.2) is 102 Å². The second-order valence-electron chi connectivity index (χ2n) is 11.2. The van der Waals surface area contributed by atoms with E-state index in [1.54, 1.807) is 30.3 Å². The van der Waals surface area contributed by atoms with Crippen molar-refractivity contribution in [2.45, 2.75) is 47.2 Å². The van der Waals surface area contributed by atoms with Gasteiger partial charge in [-0.3, -0.25) is 0 Å². The number of halogens is 9. The third kappa shape index (κ3) is 7.10. The average molecular weight is 716 g/mol. The number of likely N-dealkylation sites (tertiary alicyclic amines) is 1. The molecule has 260 valence electrons. The molecule has 1 fully saturated rings. The van der Waals surface area contributed by atoms with E-state index in [2.05, 4.69) is 4.74 Å². The first-order chi connectivity index (χ1) is 23.1. The molecule has 0 saturated carbocycles. The predicted octanol–water partition coefficient (Wildman–Crippen LogP) is 8.69. The van der Waals surface area contributed by atoms with Gasteiger partial charge in [0, 0.05) is 29.7 Å². The molecule has 1 aliphatic heterocycles. The molecule has 0 bridgehead atoms. The summed E-state index contributed by atoms with van der Waals surface area (Å²) in [5.74, 6) is -3.47. The molecule has 1 aliphatic rings. The Kier molecular flexibility index (Phi) is 10.3. The first-order valence-corrected chi connectivity index (χ1v) is 15.7. The Morgan fingerprint density at radius 2 is 1.37 bits per heavy atom. The summed E-state index contributed by atoms with van der Waals surface area (Å²) in [4.78, 5) is 14.3. The molecule has 1 saturated heterocycles. The van der Waals surface area contributed by atoms with E-state index in [1.165, 1.54) is 17.0 Å². The van der Waals surface area contributed by atoms with Crippen LogP contribution in [0.3, 0.4) is 0 Å². The zero-order chi connectivity index (χ0) is 35.6. The number of carbonyl (C=O) groups excluding carboxylic acids is 1. The summed E-state index contributed by atoms with van der Waals surface area (Å²) in [6.07, 6.45) is -13.2. The summed E-state index contributed by atoms with van der Waals surface area (Å²) in [5, 5.41) is 0. The van der Waals surface area contributed by atoms with Crippen molar-refractivity contribution in [3.63, 3.8) is 0 Å². The van der Waals surface area contributed by atoms with Gasteiger partial charge in [-0.1, -0.05) is 60.7 Å². The topological polar surface area (TPSA) is 61.8 Å². The summed E-state index contributed by atoms with van der Waals surface area (Å²) in [6, 6.07) is 18.1. The van der Waals surface area contributed by atoms with Crippen molar-refractivity contribution in [1.82, 2.24) is 4.90 Å². The van der Waals surface area contributed by atoms with Crippen LogP contribution in [0.4, 0.5) is 44.3 Å². The Bertz CT molecular complexity index is 1720. The van der Waals surface area contributed by atoms with E-state index in [1.807, 2.05) is 0 Å². The molecule has 1 heterocycles. The molecule has 0 aromatic heterocycles. The molecule has 5 nitrogen and oxygen atoms in total. The molecule has 5 rings (SSSR count). The minimum atomic E-state index is -6.17. The summed E-state index contributed by atoms with van der Waals surface area (Å²) >= 11 is -2.12. The molecule has 0 radical (unpaired) electrons. The average Bonchev–Trinajstić information content (AvgIpc) is 3.51. The van der Waals surface area contributed by atoms with Crippen LogP contribution < -0.4 is 0 Å². The first-order valence-electron chi connectivity index (χ1n) is 14.5. The number of hydrogen-bond donors (Lipinski definition) is 0. The minimum Gasteiger partial charge on any atom is -0.611 e. The summed E-state index contributed by atoms with van der Waals surface area (Å²) in [7, 11) is 0. The highest BCUT2D eigenvalue weighted by molar-refractivity contribution is 7.92. The maximum atomic E-state index is 14.5. The Hall–Kier alpha value is -4.21. The lowest BCUT2D eigenvalue weighted by atomic mass is 9.88. The van der Waals surface area contributed by atoms with Gasteiger partial charge in [-0.25, -0.2) is 18.0 Å². The van der Waals surface area contributed by atoms with Crippen LogP contribution in [0, 0.1) is 17.5 Å². The number of ether oxygens (including phenoxy) is 2. The van der Waals surface area contributed by atoms with Crippen LogP contribution in [0.2, 0.25) is 0 Å². The van der Waals surface area contributed by atoms with E-state index in [0.29, 0.717) is 29.8 Å². The first kappa shape index (κ1) is 36.1. The van der Waals surface area contributed by atoms with E-state index in [0.717, 1.165) is 30.3 Å². The second kappa shape index (κ2) is 14.0. The van der Waals surface area contributed by atoms with Crippen molar-refractivity contribution in [1.29, 1.82) is 0 Å². The second-order valence-corrected chi connectivity index (χ2v) is 13.0. The largest absolute Gasteiger partial charge is 0.611 e.